The maximum Gasteiger partial charge on any atom is 0.254 e. The number of hydrogen-bond acceptors (Lipinski definition) is 6. The Kier molecular flexibility index (Phi) is 7.74. The van der Waals surface area contributed by atoms with Crippen molar-refractivity contribution in [1.29, 1.82) is 0 Å². The van der Waals surface area contributed by atoms with Gasteiger partial charge in [0.25, 0.3) is 5.91 Å². The molecule has 3 atom stereocenters. The number of piperidine rings is 1. The van der Waals surface area contributed by atoms with Gasteiger partial charge < -0.3 is 24.0 Å². The van der Waals surface area contributed by atoms with Crippen LogP contribution in [-0.4, -0.2) is 56.8 Å². The molecule has 7 nitrogen and oxygen atoms in total. The van der Waals surface area contributed by atoms with Gasteiger partial charge in [0.1, 0.15) is 10.5 Å². The standard InChI is InChI=1S/C23H35ClN2O5S/c1-14-11-18(27)16(12-17(14)24)20(25-32(29)22(2,3)4)15-7-9-26(10-8-15)21(28)19-13-30-23(5,6)31-19/h11-12,15,19-20,25,27H,7-10,13H2,1-6H3/t19-,20-,32+/m1/s1. The second kappa shape index (κ2) is 9.68. The van der Waals surface area contributed by atoms with E-state index in [1.54, 1.807) is 26.0 Å². The predicted molar refractivity (Wildman–Crippen MR) is 126 cm³/mol. The summed E-state index contributed by atoms with van der Waals surface area (Å²) >= 11 is 5.02. The lowest BCUT2D eigenvalue weighted by Gasteiger charge is -2.38. The first-order valence-corrected chi connectivity index (χ1v) is 12.6. The summed E-state index contributed by atoms with van der Waals surface area (Å²) in [6, 6.07) is 3.05. The second-order valence-corrected chi connectivity index (χ2v) is 12.5. The summed E-state index contributed by atoms with van der Waals surface area (Å²) < 4.78 is 27.0. The first-order chi connectivity index (χ1) is 14.8. The molecule has 2 saturated heterocycles. The molecule has 0 bridgehead atoms. The van der Waals surface area contributed by atoms with E-state index in [1.165, 1.54) is 0 Å². The topological polar surface area (TPSA) is 94.1 Å². The maximum atomic E-state index is 13.0. The van der Waals surface area contributed by atoms with E-state index in [0.29, 0.717) is 36.5 Å². The molecule has 3 rings (SSSR count). The molecular formula is C23H35ClN2O5S. The molecule has 1 amide bonds. The molecule has 2 heterocycles. The lowest BCUT2D eigenvalue weighted by atomic mass is 9.85. The molecule has 0 aromatic heterocycles. The van der Waals surface area contributed by atoms with Gasteiger partial charge in [-0.1, -0.05) is 11.6 Å². The van der Waals surface area contributed by atoms with Crippen LogP contribution in [0.5, 0.6) is 5.75 Å². The summed E-state index contributed by atoms with van der Waals surface area (Å²) in [5.74, 6) is -0.592. The van der Waals surface area contributed by atoms with Crippen molar-refractivity contribution in [1.82, 2.24) is 9.62 Å². The Balaban J connectivity index is 1.75. The van der Waals surface area contributed by atoms with Crippen LogP contribution in [0.2, 0.25) is 5.02 Å². The number of halogens is 1. The van der Waals surface area contributed by atoms with Gasteiger partial charge in [-0.2, -0.15) is 0 Å². The van der Waals surface area contributed by atoms with E-state index in [2.05, 4.69) is 4.72 Å². The van der Waals surface area contributed by atoms with E-state index in [0.717, 1.165) is 5.56 Å². The molecule has 180 valence electrons. The van der Waals surface area contributed by atoms with Crippen LogP contribution in [-0.2, 0) is 25.6 Å². The van der Waals surface area contributed by atoms with Crippen molar-refractivity contribution in [2.24, 2.45) is 5.92 Å². The molecule has 9 heteroatoms. The van der Waals surface area contributed by atoms with Crippen LogP contribution in [0.3, 0.4) is 0 Å². The van der Waals surface area contributed by atoms with Crippen molar-refractivity contribution in [2.75, 3.05) is 19.7 Å². The van der Waals surface area contributed by atoms with Crippen LogP contribution in [0.25, 0.3) is 0 Å². The summed E-state index contributed by atoms with van der Waals surface area (Å²) in [6.07, 6.45) is 0.822. The number of phenols is 1. The SMILES string of the molecule is Cc1cc(O)c([C@H](N[S@@+]([O-])C(C)(C)C)C2CCN(C(=O)[C@H]3COC(C)(C)O3)CC2)cc1Cl. The van der Waals surface area contributed by atoms with E-state index >= 15 is 0 Å². The zero-order valence-electron chi connectivity index (χ0n) is 19.7. The molecule has 0 unspecified atom stereocenters. The highest BCUT2D eigenvalue weighted by molar-refractivity contribution is 7.90. The summed E-state index contributed by atoms with van der Waals surface area (Å²) in [5, 5.41) is 11.2. The molecule has 2 aliphatic rings. The number of aryl methyl sites for hydroxylation is 1. The van der Waals surface area contributed by atoms with Gasteiger partial charge in [0.2, 0.25) is 0 Å². The minimum atomic E-state index is -1.34. The zero-order chi connectivity index (χ0) is 23.8. The first-order valence-electron chi connectivity index (χ1n) is 11.1. The van der Waals surface area contributed by atoms with Gasteiger partial charge in [0, 0.05) is 35.0 Å². The fraction of sp³-hybridized carbons (Fsp3) is 0.696. The van der Waals surface area contributed by atoms with Gasteiger partial charge in [-0.05, 0) is 78.0 Å². The van der Waals surface area contributed by atoms with E-state index in [9.17, 15) is 14.5 Å². The second-order valence-electron chi connectivity index (χ2n) is 10.1. The largest absolute Gasteiger partial charge is 0.598 e. The van der Waals surface area contributed by atoms with Crippen molar-refractivity contribution in [3.63, 3.8) is 0 Å². The quantitative estimate of drug-likeness (QED) is 0.614. The fourth-order valence-electron chi connectivity index (χ4n) is 4.10. The number of likely N-dealkylation sites (tertiary alicyclic amines) is 1. The third kappa shape index (κ3) is 5.90. The molecule has 2 aliphatic heterocycles. The minimum Gasteiger partial charge on any atom is -0.598 e. The highest BCUT2D eigenvalue weighted by atomic mass is 35.5. The summed E-state index contributed by atoms with van der Waals surface area (Å²) in [7, 11) is 0. The Morgan fingerprint density at radius 2 is 1.97 bits per heavy atom. The van der Waals surface area contributed by atoms with E-state index in [-0.39, 0.29) is 30.2 Å². The van der Waals surface area contributed by atoms with Gasteiger partial charge in [0.15, 0.2) is 11.9 Å². The third-order valence-corrected chi connectivity index (χ3v) is 8.03. The van der Waals surface area contributed by atoms with Crippen LogP contribution in [0.4, 0.5) is 0 Å². The van der Waals surface area contributed by atoms with Gasteiger partial charge >= 0.3 is 0 Å². The van der Waals surface area contributed by atoms with Crippen LogP contribution in [0.1, 0.15) is 64.6 Å². The number of phenolic OH excluding ortho intramolecular Hbond substituents is 1. The number of hydrogen-bond donors (Lipinski definition) is 2. The van der Waals surface area contributed by atoms with Crippen LogP contribution in [0.15, 0.2) is 12.1 Å². The van der Waals surface area contributed by atoms with Crippen molar-refractivity contribution in [3.05, 3.63) is 28.3 Å². The Bertz CT molecular complexity index is 836. The molecule has 0 saturated carbocycles. The average Bonchev–Trinajstić information content (AvgIpc) is 3.07. The Morgan fingerprint density at radius 3 is 2.50 bits per heavy atom. The Labute approximate surface area is 199 Å². The molecule has 2 N–H and O–H groups in total. The third-order valence-electron chi connectivity index (χ3n) is 6.04. The maximum absolute atomic E-state index is 13.0. The van der Waals surface area contributed by atoms with Gasteiger partial charge in [-0.15, -0.1) is 4.72 Å². The van der Waals surface area contributed by atoms with E-state index in [4.69, 9.17) is 21.1 Å². The number of ether oxygens (including phenoxy) is 2. The van der Waals surface area contributed by atoms with E-state index in [1.807, 2.05) is 32.6 Å². The average molecular weight is 487 g/mol. The first kappa shape index (κ1) is 25.6. The molecule has 0 radical (unpaired) electrons. The molecule has 2 fully saturated rings. The minimum absolute atomic E-state index is 0.0574. The number of nitrogens with one attached hydrogen (secondary N) is 1. The van der Waals surface area contributed by atoms with Crippen LogP contribution < -0.4 is 4.72 Å². The van der Waals surface area contributed by atoms with Gasteiger partial charge in [-0.25, -0.2) is 0 Å². The van der Waals surface area contributed by atoms with Gasteiger partial charge in [0.05, 0.1) is 12.6 Å². The van der Waals surface area contributed by atoms with Gasteiger partial charge in [-0.3, -0.25) is 4.79 Å². The fourth-order valence-corrected chi connectivity index (χ4v) is 5.18. The lowest BCUT2D eigenvalue weighted by Crippen LogP contribution is -2.48. The molecular weight excluding hydrogens is 452 g/mol. The Hall–Kier alpha value is -1.03. The molecule has 32 heavy (non-hydrogen) atoms. The molecule has 0 aliphatic carbocycles. The monoisotopic (exact) mass is 486 g/mol. The summed E-state index contributed by atoms with van der Waals surface area (Å²) in [4.78, 5) is 14.7. The number of carbonyl (C=O) groups excluding carboxylic acids is 1. The number of rotatable bonds is 5. The number of amides is 1. The Morgan fingerprint density at radius 1 is 1.34 bits per heavy atom. The van der Waals surface area contributed by atoms with Crippen molar-refractivity contribution < 1.29 is 23.9 Å². The predicted octanol–water partition coefficient (Wildman–Crippen LogP) is 3.84. The van der Waals surface area contributed by atoms with E-state index < -0.39 is 28.0 Å². The zero-order valence-corrected chi connectivity index (χ0v) is 21.3. The highest BCUT2D eigenvalue weighted by Crippen LogP contribution is 2.39. The lowest BCUT2D eigenvalue weighted by molar-refractivity contribution is -0.161. The van der Waals surface area contributed by atoms with Crippen molar-refractivity contribution in [3.8, 4) is 5.75 Å². The number of aromatic hydroxyl groups is 1. The number of benzene rings is 1. The normalized spacial score (nSPS) is 23.9. The molecule has 1 aromatic carbocycles. The number of nitrogens with zero attached hydrogens (tertiary/aromatic N) is 1. The molecule has 1 aromatic rings. The van der Waals surface area contributed by atoms with Crippen LogP contribution in [0, 0.1) is 12.8 Å². The number of carbonyl (C=O) groups is 1. The smallest absolute Gasteiger partial charge is 0.254 e. The summed E-state index contributed by atoms with van der Waals surface area (Å²) in [6.45, 7) is 12.5. The highest BCUT2D eigenvalue weighted by Gasteiger charge is 2.41. The van der Waals surface area contributed by atoms with Crippen molar-refractivity contribution in [2.45, 2.75) is 77.1 Å². The van der Waals surface area contributed by atoms with Crippen molar-refractivity contribution >= 4 is 28.9 Å². The van der Waals surface area contributed by atoms with Crippen LogP contribution >= 0.6 is 11.6 Å². The summed E-state index contributed by atoms with van der Waals surface area (Å²) in [5.41, 5.74) is 1.42. The molecule has 0 spiro atoms.